The molecule has 0 saturated heterocycles. The summed E-state index contributed by atoms with van der Waals surface area (Å²) in [5, 5.41) is 16.3. The standard InChI is InChI=1S/C31H36N2O3S/c1-2-26(25-18-10-5-11-19-25)27(31(35)36)22-29(34)33-28(21-24-15-8-4-9-16-24)30(37)32-20-12-17-23-13-6-3-7-14-23/h3-11,13-16,18-19,26-28H,2,12,17,20-22H2,1H3,(H,32,37)(H,33,34)(H,35,36). The monoisotopic (exact) mass is 516 g/mol. The van der Waals surface area contributed by atoms with Crippen molar-refractivity contribution in [3.8, 4) is 0 Å². The first kappa shape index (κ1) is 28.1. The molecule has 3 aromatic carbocycles. The zero-order valence-corrected chi connectivity index (χ0v) is 22.1. The van der Waals surface area contributed by atoms with Gasteiger partial charge in [0.1, 0.15) is 0 Å². The van der Waals surface area contributed by atoms with Gasteiger partial charge in [-0.05, 0) is 48.3 Å². The van der Waals surface area contributed by atoms with Crippen molar-refractivity contribution >= 4 is 29.1 Å². The summed E-state index contributed by atoms with van der Waals surface area (Å²) in [5.41, 5.74) is 3.25. The lowest BCUT2D eigenvalue weighted by atomic mass is 9.82. The fraction of sp³-hybridized carbons (Fsp3) is 0.323. The Bertz CT molecular complexity index is 1120. The number of carbonyl (C=O) groups excluding carboxylic acids is 1. The van der Waals surface area contributed by atoms with Crippen molar-refractivity contribution in [1.29, 1.82) is 0 Å². The molecule has 0 heterocycles. The van der Waals surface area contributed by atoms with Crippen molar-refractivity contribution in [2.75, 3.05) is 6.54 Å². The molecule has 0 aliphatic heterocycles. The van der Waals surface area contributed by atoms with E-state index in [1.807, 2.05) is 85.8 Å². The van der Waals surface area contributed by atoms with Gasteiger partial charge in [0.05, 0.1) is 16.9 Å². The fourth-order valence-corrected chi connectivity index (χ4v) is 4.88. The molecule has 3 aromatic rings. The third kappa shape index (κ3) is 9.14. The minimum atomic E-state index is -0.966. The van der Waals surface area contributed by atoms with Gasteiger partial charge in [0.25, 0.3) is 0 Å². The summed E-state index contributed by atoms with van der Waals surface area (Å²) in [6.07, 6.45) is 2.90. The molecule has 5 nitrogen and oxygen atoms in total. The quantitative estimate of drug-likeness (QED) is 0.193. The number of rotatable bonds is 14. The lowest BCUT2D eigenvalue weighted by Gasteiger charge is -2.25. The van der Waals surface area contributed by atoms with Gasteiger partial charge in [-0.1, -0.05) is 110 Å². The number of amides is 1. The fourth-order valence-electron chi connectivity index (χ4n) is 4.64. The summed E-state index contributed by atoms with van der Waals surface area (Å²) in [6.45, 7) is 2.65. The molecular formula is C31H36N2O3S. The Morgan fingerprint density at radius 3 is 2.00 bits per heavy atom. The first-order valence-electron chi connectivity index (χ1n) is 12.9. The Balaban J connectivity index is 1.65. The number of aliphatic carboxylic acids is 1. The van der Waals surface area contributed by atoms with Gasteiger partial charge in [-0.3, -0.25) is 9.59 Å². The van der Waals surface area contributed by atoms with Gasteiger partial charge in [-0.25, -0.2) is 0 Å². The molecule has 0 aromatic heterocycles. The van der Waals surface area contributed by atoms with Gasteiger partial charge >= 0.3 is 5.97 Å². The van der Waals surface area contributed by atoms with Crippen LogP contribution in [0.15, 0.2) is 91.0 Å². The Morgan fingerprint density at radius 1 is 0.865 bits per heavy atom. The number of thiocarbonyl (C=S) groups is 1. The van der Waals surface area contributed by atoms with E-state index in [0.717, 1.165) is 24.0 Å². The lowest BCUT2D eigenvalue weighted by molar-refractivity contribution is -0.145. The van der Waals surface area contributed by atoms with Crippen LogP contribution < -0.4 is 10.6 Å². The molecule has 3 rings (SSSR count). The molecule has 37 heavy (non-hydrogen) atoms. The Morgan fingerprint density at radius 2 is 1.43 bits per heavy atom. The highest BCUT2D eigenvalue weighted by Crippen LogP contribution is 2.30. The van der Waals surface area contributed by atoms with E-state index in [-0.39, 0.29) is 18.2 Å². The number of hydrogen-bond donors (Lipinski definition) is 3. The summed E-state index contributed by atoms with van der Waals surface area (Å²) in [4.78, 5) is 25.9. The lowest BCUT2D eigenvalue weighted by Crippen LogP contribution is -2.48. The van der Waals surface area contributed by atoms with Crippen molar-refractivity contribution in [2.24, 2.45) is 5.92 Å². The van der Waals surface area contributed by atoms with E-state index in [9.17, 15) is 14.7 Å². The van der Waals surface area contributed by atoms with E-state index in [4.69, 9.17) is 12.2 Å². The summed E-state index contributed by atoms with van der Waals surface area (Å²) in [7, 11) is 0. The second-order valence-corrected chi connectivity index (χ2v) is 9.70. The third-order valence-electron chi connectivity index (χ3n) is 6.59. The first-order chi connectivity index (χ1) is 18.0. The predicted molar refractivity (Wildman–Crippen MR) is 153 cm³/mol. The Kier molecular flexibility index (Phi) is 11.3. The smallest absolute Gasteiger partial charge is 0.307 e. The molecule has 0 spiro atoms. The van der Waals surface area contributed by atoms with Crippen LogP contribution in [0.1, 0.15) is 48.8 Å². The first-order valence-corrected chi connectivity index (χ1v) is 13.3. The molecule has 3 unspecified atom stereocenters. The average Bonchev–Trinajstić information content (AvgIpc) is 2.92. The maximum absolute atomic E-state index is 13.2. The molecule has 6 heteroatoms. The minimum absolute atomic E-state index is 0.107. The highest BCUT2D eigenvalue weighted by Gasteiger charge is 2.31. The number of hydrogen-bond acceptors (Lipinski definition) is 3. The van der Waals surface area contributed by atoms with Crippen LogP contribution >= 0.6 is 12.2 Å². The molecule has 3 N–H and O–H groups in total. The van der Waals surface area contributed by atoms with Gasteiger partial charge < -0.3 is 15.7 Å². The van der Waals surface area contributed by atoms with E-state index in [1.165, 1.54) is 5.56 Å². The number of carboxylic acids is 1. The van der Waals surface area contributed by atoms with Crippen LogP contribution in [0.4, 0.5) is 0 Å². The normalized spacial score (nSPS) is 13.2. The summed E-state index contributed by atoms with van der Waals surface area (Å²) < 4.78 is 0. The van der Waals surface area contributed by atoms with Crippen LogP contribution in [0.25, 0.3) is 0 Å². The number of benzene rings is 3. The van der Waals surface area contributed by atoms with Crippen molar-refractivity contribution in [3.63, 3.8) is 0 Å². The minimum Gasteiger partial charge on any atom is -0.481 e. The molecule has 3 atom stereocenters. The predicted octanol–water partition coefficient (Wildman–Crippen LogP) is 5.55. The summed E-state index contributed by atoms with van der Waals surface area (Å²) in [5.74, 6) is -2.35. The maximum atomic E-state index is 13.2. The SMILES string of the molecule is CCC(c1ccccc1)C(CC(=O)NC(Cc1ccccc1)C(=S)NCCCc1ccccc1)C(=O)O. The molecule has 1 amide bonds. The van der Waals surface area contributed by atoms with E-state index in [0.29, 0.717) is 24.4 Å². The van der Waals surface area contributed by atoms with Gasteiger partial charge in [0.15, 0.2) is 0 Å². The number of carbonyl (C=O) groups is 2. The maximum Gasteiger partial charge on any atom is 0.307 e. The van der Waals surface area contributed by atoms with E-state index < -0.39 is 17.9 Å². The van der Waals surface area contributed by atoms with Gasteiger partial charge in [-0.2, -0.15) is 0 Å². The van der Waals surface area contributed by atoms with E-state index >= 15 is 0 Å². The van der Waals surface area contributed by atoms with Crippen molar-refractivity contribution in [1.82, 2.24) is 10.6 Å². The summed E-state index contributed by atoms with van der Waals surface area (Å²) >= 11 is 5.70. The van der Waals surface area contributed by atoms with E-state index in [1.54, 1.807) is 0 Å². The van der Waals surface area contributed by atoms with Crippen molar-refractivity contribution < 1.29 is 14.7 Å². The molecular weight excluding hydrogens is 480 g/mol. The number of aryl methyl sites for hydroxylation is 1. The van der Waals surface area contributed by atoms with E-state index in [2.05, 4.69) is 22.8 Å². The van der Waals surface area contributed by atoms with Crippen LogP contribution in [0, 0.1) is 5.92 Å². The third-order valence-corrected chi connectivity index (χ3v) is 7.02. The van der Waals surface area contributed by atoms with Crippen LogP contribution in [-0.2, 0) is 22.4 Å². The second kappa shape index (κ2) is 14.9. The largest absolute Gasteiger partial charge is 0.481 e. The highest BCUT2D eigenvalue weighted by atomic mass is 32.1. The molecule has 194 valence electrons. The van der Waals surface area contributed by atoms with Crippen LogP contribution in [0.3, 0.4) is 0 Å². The molecule has 0 fully saturated rings. The number of nitrogens with one attached hydrogen (secondary N) is 2. The molecule has 0 aliphatic rings. The Labute approximate surface area is 225 Å². The molecule has 0 bridgehead atoms. The van der Waals surface area contributed by atoms with Crippen LogP contribution in [0.5, 0.6) is 0 Å². The van der Waals surface area contributed by atoms with Crippen molar-refractivity contribution in [3.05, 3.63) is 108 Å². The number of carboxylic acid groups (broad SMARTS) is 1. The van der Waals surface area contributed by atoms with Gasteiger partial charge in [0, 0.05) is 13.0 Å². The topological polar surface area (TPSA) is 78.4 Å². The zero-order valence-electron chi connectivity index (χ0n) is 21.3. The van der Waals surface area contributed by atoms with Gasteiger partial charge in [0.2, 0.25) is 5.91 Å². The average molecular weight is 517 g/mol. The van der Waals surface area contributed by atoms with Gasteiger partial charge in [-0.15, -0.1) is 0 Å². The summed E-state index contributed by atoms with van der Waals surface area (Å²) in [6, 6.07) is 29.3. The van der Waals surface area contributed by atoms with Crippen LogP contribution in [0.2, 0.25) is 0 Å². The molecule has 0 saturated carbocycles. The molecule has 0 radical (unpaired) electrons. The Hall–Kier alpha value is -3.51. The van der Waals surface area contributed by atoms with Crippen molar-refractivity contribution in [2.45, 2.75) is 51.0 Å². The second-order valence-electron chi connectivity index (χ2n) is 9.26. The van der Waals surface area contributed by atoms with Crippen LogP contribution in [-0.4, -0.2) is 34.6 Å². The molecule has 0 aliphatic carbocycles. The highest BCUT2D eigenvalue weighted by molar-refractivity contribution is 7.80. The zero-order chi connectivity index (χ0) is 26.5.